The molecule has 0 saturated carbocycles. The lowest BCUT2D eigenvalue weighted by atomic mass is 10.0. The van der Waals surface area contributed by atoms with Crippen LogP contribution in [0.15, 0.2) is 54.7 Å². The molecule has 1 heterocycles. The minimum atomic E-state index is -6.00. The lowest BCUT2D eigenvalue weighted by molar-refractivity contribution is -0.597. The SMILES string of the molecule is CCOC(=O)c1c(C(=O)OCC)[n+](-c2ccc(C)cc2)cc2ccccc12.F[B-](F)(F)F. The minimum absolute atomic E-state index is 0.165. The highest BCUT2D eigenvalue weighted by Crippen LogP contribution is 2.23. The fourth-order valence-electron chi connectivity index (χ4n) is 3.01. The van der Waals surface area contributed by atoms with Crippen molar-refractivity contribution < 1.29 is 40.9 Å². The van der Waals surface area contributed by atoms with Crippen molar-refractivity contribution in [3.05, 3.63) is 71.5 Å². The van der Waals surface area contributed by atoms with E-state index >= 15 is 0 Å². The van der Waals surface area contributed by atoms with Gasteiger partial charge in [-0.2, -0.15) is 4.57 Å². The molecule has 10 heteroatoms. The first kappa shape index (κ1) is 24.8. The molecule has 0 aliphatic heterocycles. The Kier molecular flexibility index (Phi) is 8.34. The molecule has 0 aliphatic carbocycles. The van der Waals surface area contributed by atoms with Crippen molar-refractivity contribution in [2.75, 3.05) is 13.2 Å². The Hall–Kier alpha value is -3.43. The predicted molar refractivity (Wildman–Crippen MR) is 112 cm³/mol. The van der Waals surface area contributed by atoms with Crippen LogP contribution in [0.4, 0.5) is 17.3 Å². The lowest BCUT2D eigenvalue weighted by Crippen LogP contribution is -2.41. The van der Waals surface area contributed by atoms with Crippen LogP contribution in [0.1, 0.15) is 40.3 Å². The van der Waals surface area contributed by atoms with Gasteiger partial charge in [-0.3, -0.25) is 0 Å². The summed E-state index contributed by atoms with van der Waals surface area (Å²) < 4.78 is 51.2. The molecular weight excluding hydrogens is 429 g/mol. The summed E-state index contributed by atoms with van der Waals surface area (Å²) in [5.74, 6) is -1.11. The summed E-state index contributed by atoms with van der Waals surface area (Å²) >= 11 is 0. The molecule has 5 nitrogen and oxygen atoms in total. The molecule has 0 N–H and O–H groups in total. The van der Waals surface area contributed by atoms with Crippen LogP contribution in [-0.4, -0.2) is 32.4 Å². The third kappa shape index (κ3) is 6.53. The van der Waals surface area contributed by atoms with Crippen molar-refractivity contribution >= 4 is 30.0 Å². The minimum Gasteiger partial charge on any atom is -0.462 e. The number of benzene rings is 2. The fourth-order valence-corrected chi connectivity index (χ4v) is 3.01. The molecular formula is C22H22BF4NO4. The Bertz CT molecular complexity index is 1100. The fraction of sp³-hybridized carbons (Fsp3) is 0.227. The summed E-state index contributed by atoms with van der Waals surface area (Å²) in [6.45, 7) is 5.89. The zero-order valence-electron chi connectivity index (χ0n) is 17.8. The van der Waals surface area contributed by atoms with E-state index in [4.69, 9.17) is 9.47 Å². The molecule has 0 bridgehead atoms. The molecule has 0 radical (unpaired) electrons. The van der Waals surface area contributed by atoms with Gasteiger partial charge in [0, 0.05) is 22.9 Å². The van der Waals surface area contributed by atoms with Crippen LogP contribution in [0.25, 0.3) is 16.5 Å². The van der Waals surface area contributed by atoms with Crippen molar-refractivity contribution in [3.63, 3.8) is 0 Å². The van der Waals surface area contributed by atoms with Crippen LogP contribution in [0.2, 0.25) is 0 Å². The standard InChI is InChI=1S/C22H22NO4.BF4/c1-4-26-21(24)19-18-9-7-6-8-16(18)14-23(20(19)22(25)27-5-2)17-12-10-15(3)11-13-17;2-1(3,4)5/h6-14H,4-5H2,1-3H3;/q+1;-1. The van der Waals surface area contributed by atoms with Gasteiger partial charge in [0.25, 0.3) is 0 Å². The van der Waals surface area contributed by atoms with E-state index in [0.717, 1.165) is 16.6 Å². The monoisotopic (exact) mass is 451 g/mol. The number of halogens is 4. The number of hydrogen-bond donors (Lipinski definition) is 0. The van der Waals surface area contributed by atoms with Crippen LogP contribution < -0.4 is 4.57 Å². The maximum Gasteiger partial charge on any atom is 0.673 e. The van der Waals surface area contributed by atoms with Crippen LogP contribution in [0.5, 0.6) is 0 Å². The number of aromatic nitrogens is 1. The lowest BCUT2D eigenvalue weighted by Gasteiger charge is -2.11. The average Bonchev–Trinajstić information content (AvgIpc) is 2.72. The smallest absolute Gasteiger partial charge is 0.462 e. The van der Waals surface area contributed by atoms with E-state index in [1.54, 1.807) is 18.4 Å². The predicted octanol–water partition coefficient (Wildman–Crippen LogP) is 5.08. The van der Waals surface area contributed by atoms with Gasteiger partial charge in [0.2, 0.25) is 5.69 Å². The number of pyridine rings is 1. The van der Waals surface area contributed by atoms with Gasteiger partial charge in [-0.25, -0.2) is 9.59 Å². The van der Waals surface area contributed by atoms with Crippen molar-refractivity contribution in [2.24, 2.45) is 0 Å². The highest BCUT2D eigenvalue weighted by atomic mass is 19.5. The van der Waals surface area contributed by atoms with Crippen molar-refractivity contribution in [1.82, 2.24) is 0 Å². The summed E-state index contributed by atoms with van der Waals surface area (Å²) in [6.07, 6.45) is 1.84. The van der Waals surface area contributed by atoms with E-state index in [0.29, 0.717) is 5.39 Å². The first-order valence-electron chi connectivity index (χ1n) is 9.82. The number of nitrogens with zero attached hydrogens (tertiary/aromatic N) is 1. The van der Waals surface area contributed by atoms with Crippen LogP contribution >= 0.6 is 0 Å². The van der Waals surface area contributed by atoms with Gasteiger partial charge in [-0.15, -0.1) is 0 Å². The summed E-state index contributed by atoms with van der Waals surface area (Å²) in [5.41, 5.74) is 2.25. The topological polar surface area (TPSA) is 56.5 Å². The highest BCUT2D eigenvalue weighted by Gasteiger charge is 2.34. The van der Waals surface area contributed by atoms with E-state index < -0.39 is 19.2 Å². The molecule has 3 aromatic rings. The van der Waals surface area contributed by atoms with Gasteiger partial charge in [0.15, 0.2) is 6.20 Å². The molecule has 170 valence electrons. The van der Waals surface area contributed by atoms with E-state index in [1.165, 1.54) is 0 Å². The molecule has 32 heavy (non-hydrogen) atoms. The Morgan fingerprint density at radius 3 is 1.97 bits per heavy atom. The number of ether oxygens (including phenoxy) is 2. The number of esters is 2. The van der Waals surface area contributed by atoms with E-state index in [9.17, 15) is 26.9 Å². The molecule has 0 amide bonds. The molecule has 0 aliphatic rings. The normalized spacial score (nSPS) is 10.8. The van der Waals surface area contributed by atoms with E-state index in [-0.39, 0.29) is 24.5 Å². The first-order chi connectivity index (χ1) is 15.1. The second-order valence-corrected chi connectivity index (χ2v) is 6.58. The summed E-state index contributed by atoms with van der Waals surface area (Å²) in [5, 5.41) is 1.48. The van der Waals surface area contributed by atoms with Gasteiger partial charge in [0.05, 0.1) is 13.2 Å². The average molecular weight is 451 g/mol. The molecule has 0 saturated heterocycles. The van der Waals surface area contributed by atoms with Crippen LogP contribution in [0, 0.1) is 6.92 Å². The Morgan fingerprint density at radius 2 is 1.41 bits per heavy atom. The van der Waals surface area contributed by atoms with Gasteiger partial charge in [-0.1, -0.05) is 35.9 Å². The number of carbonyl (C=O) groups is 2. The van der Waals surface area contributed by atoms with E-state index in [1.807, 2.05) is 61.7 Å². The highest BCUT2D eigenvalue weighted by molar-refractivity contribution is 6.50. The third-order valence-corrected chi connectivity index (χ3v) is 4.24. The summed E-state index contributed by atoms with van der Waals surface area (Å²) in [6, 6.07) is 15.1. The Morgan fingerprint density at radius 1 is 0.875 bits per heavy atom. The van der Waals surface area contributed by atoms with Gasteiger partial charge < -0.3 is 26.7 Å². The van der Waals surface area contributed by atoms with Crippen molar-refractivity contribution in [3.8, 4) is 5.69 Å². The molecule has 1 aromatic heterocycles. The maximum atomic E-state index is 12.8. The van der Waals surface area contributed by atoms with Gasteiger partial charge >= 0.3 is 24.9 Å². The molecule has 0 spiro atoms. The first-order valence-corrected chi connectivity index (χ1v) is 9.82. The second-order valence-electron chi connectivity index (χ2n) is 6.58. The molecule has 0 atom stereocenters. The molecule has 0 unspecified atom stereocenters. The van der Waals surface area contributed by atoms with Crippen molar-refractivity contribution in [1.29, 1.82) is 0 Å². The number of rotatable bonds is 5. The Labute approximate surface area is 182 Å². The second kappa shape index (κ2) is 10.7. The van der Waals surface area contributed by atoms with Crippen LogP contribution in [0.3, 0.4) is 0 Å². The largest absolute Gasteiger partial charge is 0.673 e. The van der Waals surface area contributed by atoms with E-state index in [2.05, 4.69) is 0 Å². The van der Waals surface area contributed by atoms with Gasteiger partial charge in [0.1, 0.15) is 5.56 Å². The number of carbonyl (C=O) groups excluding carboxylic acids is 2. The molecule has 0 fully saturated rings. The Balaban J connectivity index is 0.000000654. The molecule has 2 aromatic carbocycles. The number of aryl methyl sites for hydroxylation is 1. The maximum absolute atomic E-state index is 12.8. The van der Waals surface area contributed by atoms with Gasteiger partial charge in [-0.05, 0) is 26.8 Å². The number of hydrogen-bond acceptors (Lipinski definition) is 4. The summed E-state index contributed by atoms with van der Waals surface area (Å²) in [4.78, 5) is 25.6. The third-order valence-electron chi connectivity index (χ3n) is 4.24. The van der Waals surface area contributed by atoms with Crippen molar-refractivity contribution in [2.45, 2.75) is 20.8 Å². The zero-order valence-corrected chi connectivity index (χ0v) is 17.8. The number of fused-ring (bicyclic) bond motifs is 1. The quantitative estimate of drug-likeness (QED) is 0.235. The van der Waals surface area contributed by atoms with Crippen LogP contribution in [-0.2, 0) is 9.47 Å². The summed E-state index contributed by atoms with van der Waals surface area (Å²) in [7, 11) is -6.00. The zero-order chi connectivity index (χ0) is 23.9. The molecule has 3 rings (SSSR count).